The van der Waals surface area contributed by atoms with Crippen molar-refractivity contribution in [2.75, 3.05) is 20.3 Å². The van der Waals surface area contributed by atoms with E-state index in [1.807, 2.05) is 19.1 Å². The topological polar surface area (TPSA) is 50.7 Å². The van der Waals surface area contributed by atoms with Crippen LogP contribution in [0.5, 0.6) is 5.75 Å². The van der Waals surface area contributed by atoms with E-state index >= 15 is 0 Å². The van der Waals surface area contributed by atoms with Crippen molar-refractivity contribution >= 4 is 0 Å². The Labute approximate surface area is 160 Å². The Bertz CT molecular complexity index is 752. The van der Waals surface area contributed by atoms with Gasteiger partial charge in [-0.1, -0.05) is 30.3 Å². The summed E-state index contributed by atoms with van der Waals surface area (Å²) in [6, 6.07) is 13.2. The largest absolute Gasteiger partial charge is 0.494 e. The monoisotopic (exact) mass is 373 g/mol. The Kier molecular flexibility index (Phi) is 6.83. The standard InChI is InChI=1S/C22H28FNO3/c1-15(17-10-11-22(26-2)20(23)12-17)24-13-18(25)14-27-21-9-5-7-16-6-3-4-8-19(16)21/h3-4,6,8,10-12,15,18,21,24-25H,5,7,9,13-14H2,1-2H3. The number of benzene rings is 2. The molecule has 0 amide bonds. The van der Waals surface area contributed by atoms with Crippen LogP contribution in [0.15, 0.2) is 42.5 Å². The average molecular weight is 373 g/mol. The summed E-state index contributed by atoms with van der Waals surface area (Å²) in [5.74, 6) is -0.157. The van der Waals surface area contributed by atoms with Gasteiger partial charge >= 0.3 is 0 Å². The van der Waals surface area contributed by atoms with Crippen molar-refractivity contribution in [3.8, 4) is 5.75 Å². The molecular formula is C22H28FNO3. The lowest BCUT2D eigenvalue weighted by molar-refractivity contribution is -0.0173. The summed E-state index contributed by atoms with van der Waals surface area (Å²) < 4.78 is 24.8. The zero-order valence-electron chi connectivity index (χ0n) is 16.0. The minimum absolute atomic E-state index is 0.0534. The molecule has 1 aliphatic carbocycles. The van der Waals surface area contributed by atoms with Crippen LogP contribution in [-0.2, 0) is 11.2 Å². The fourth-order valence-electron chi connectivity index (χ4n) is 3.55. The normalized spacial score (nSPS) is 18.6. The van der Waals surface area contributed by atoms with Crippen LogP contribution >= 0.6 is 0 Å². The fourth-order valence-corrected chi connectivity index (χ4v) is 3.55. The van der Waals surface area contributed by atoms with E-state index in [0.29, 0.717) is 6.54 Å². The number of aliphatic hydroxyl groups is 1. The Morgan fingerprint density at radius 2 is 2.07 bits per heavy atom. The first kappa shape index (κ1) is 19.8. The van der Waals surface area contributed by atoms with Crippen LogP contribution in [0.25, 0.3) is 0 Å². The predicted octanol–water partition coefficient (Wildman–Crippen LogP) is 3.94. The van der Waals surface area contributed by atoms with Crippen LogP contribution in [0.4, 0.5) is 4.39 Å². The Morgan fingerprint density at radius 3 is 2.85 bits per heavy atom. The van der Waals surface area contributed by atoms with Crippen LogP contribution in [0.1, 0.15) is 48.6 Å². The number of methoxy groups -OCH3 is 1. The van der Waals surface area contributed by atoms with E-state index in [4.69, 9.17) is 9.47 Å². The first-order valence-corrected chi connectivity index (χ1v) is 9.52. The van der Waals surface area contributed by atoms with E-state index < -0.39 is 6.10 Å². The molecule has 0 bridgehead atoms. The summed E-state index contributed by atoms with van der Waals surface area (Å²) in [6.45, 7) is 2.59. The summed E-state index contributed by atoms with van der Waals surface area (Å²) in [5, 5.41) is 13.5. The molecule has 0 radical (unpaired) electrons. The second-order valence-corrected chi connectivity index (χ2v) is 7.09. The molecule has 3 rings (SSSR count). The van der Waals surface area contributed by atoms with E-state index in [1.54, 1.807) is 6.07 Å². The average Bonchev–Trinajstić information content (AvgIpc) is 2.70. The third-order valence-corrected chi connectivity index (χ3v) is 5.14. The van der Waals surface area contributed by atoms with Gasteiger partial charge in [0, 0.05) is 12.6 Å². The quantitative estimate of drug-likeness (QED) is 0.736. The molecule has 1 aliphatic rings. The third-order valence-electron chi connectivity index (χ3n) is 5.14. The second kappa shape index (κ2) is 9.31. The molecule has 27 heavy (non-hydrogen) atoms. The van der Waals surface area contributed by atoms with Crippen molar-refractivity contribution in [1.29, 1.82) is 0 Å². The fraction of sp³-hybridized carbons (Fsp3) is 0.455. The Balaban J connectivity index is 1.47. The van der Waals surface area contributed by atoms with Gasteiger partial charge < -0.3 is 19.9 Å². The Morgan fingerprint density at radius 1 is 1.26 bits per heavy atom. The lowest BCUT2D eigenvalue weighted by Gasteiger charge is -2.27. The van der Waals surface area contributed by atoms with Gasteiger partial charge in [0.25, 0.3) is 0 Å². The van der Waals surface area contributed by atoms with Crippen LogP contribution < -0.4 is 10.1 Å². The molecule has 4 nitrogen and oxygen atoms in total. The van der Waals surface area contributed by atoms with Crippen LogP contribution in [0.3, 0.4) is 0 Å². The number of fused-ring (bicyclic) bond motifs is 1. The van der Waals surface area contributed by atoms with E-state index in [1.165, 1.54) is 24.3 Å². The highest BCUT2D eigenvalue weighted by Gasteiger charge is 2.21. The number of halogens is 1. The Hall–Kier alpha value is -1.95. The van der Waals surface area contributed by atoms with Gasteiger partial charge in [0.1, 0.15) is 0 Å². The molecule has 0 fully saturated rings. The first-order valence-electron chi connectivity index (χ1n) is 9.52. The molecular weight excluding hydrogens is 345 g/mol. The molecule has 0 heterocycles. The van der Waals surface area contributed by atoms with Crippen LogP contribution in [0, 0.1) is 5.82 Å². The molecule has 2 N–H and O–H groups in total. The zero-order chi connectivity index (χ0) is 19.2. The van der Waals surface area contributed by atoms with Crippen molar-refractivity contribution in [3.05, 3.63) is 65.0 Å². The lowest BCUT2D eigenvalue weighted by atomic mass is 9.89. The maximum atomic E-state index is 13.8. The molecule has 0 aromatic heterocycles. The van der Waals surface area contributed by atoms with Crippen molar-refractivity contribution in [3.63, 3.8) is 0 Å². The molecule has 3 atom stereocenters. The van der Waals surface area contributed by atoms with Gasteiger partial charge in [-0.3, -0.25) is 0 Å². The van der Waals surface area contributed by atoms with Gasteiger partial charge in [-0.05, 0) is 55.0 Å². The van der Waals surface area contributed by atoms with E-state index in [9.17, 15) is 9.50 Å². The van der Waals surface area contributed by atoms with Crippen molar-refractivity contribution in [2.24, 2.45) is 0 Å². The summed E-state index contributed by atoms with van der Waals surface area (Å²) in [6.07, 6.45) is 2.62. The summed E-state index contributed by atoms with van der Waals surface area (Å²) in [5.41, 5.74) is 3.39. The zero-order valence-corrected chi connectivity index (χ0v) is 16.0. The summed E-state index contributed by atoms with van der Waals surface area (Å²) in [7, 11) is 1.45. The van der Waals surface area contributed by atoms with E-state index in [0.717, 1.165) is 24.8 Å². The molecule has 146 valence electrons. The number of hydrogen-bond donors (Lipinski definition) is 2. The summed E-state index contributed by atoms with van der Waals surface area (Å²) in [4.78, 5) is 0. The molecule has 0 saturated carbocycles. The van der Waals surface area contributed by atoms with E-state index in [2.05, 4.69) is 23.5 Å². The predicted molar refractivity (Wildman–Crippen MR) is 103 cm³/mol. The highest BCUT2D eigenvalue weighted by molar-refractivity contribution is 5.31. The smallest absolute Gasteiger partial charge is 0.165 e. The minimum atomic E-state index is -0.621. The molecule has 2 aromatic carbocycles. The number of ether oxygens (including phenoxy) is 2. The maximum absolute atomic E-state index is 13.8. The molecule has 0 aliphatic heterocycles. The summed E-state index contributed by atoms with van der Waals surface area (Å²) >= 11 is 0. The molecule has 0 spiro atoms. The van der Waals surface area contributed by atoms with Crippen LogP contribution in [-0.4, -0.2) is 31.5 Å². The van der Waals surface area contributed by atoms with Gasteiger partial charge in [-0.2, -0.15) is 0 Å². The van der Waals surface area contributed by atoms with E-state index in [-0.39, 0.29) is 30.3 Å². The molecule has 2 aromatic rings. The number of aryl methyl sites for hydroxylation is 1. The molecule has 5 heteroatoms. The van der Waals surface area contributed by atoms with Crippen LogP contribution in [0.2, 0.25) is 0 Å². The third kappa shape index (κ3) is 5.06. The SMILES string of the molecule is COc1ccc(C(C)NCC(O)COC2CCCc3ccccc32)cc1F. The highest BCUT2D eigenvalue weighted by atomic mass is 19.1. The number of hydrogen-bond acceptors (Lipinski definition) is 4. The number of aliphatic hydroxyl groups excluding tert-OH is 1. The molecule has 3 unspecified atom stereocenters. The number of nitrogens with one attached hydrogen (secondary N) is 1. The minimum Gasteiger partial charge on any atom is -0.494 e. The van der Waals surface area contributed by atoms with Gasteiger partial charge in [0.05, 0.1) is 25.9 Å². The number of rotatable bonds is 8. The van der Waals surface area contributed by atoms with Gasteiger partial charge in [-0.15, -0.1) is 0 Å². The maximum Gasteiger partial charge on any atom is 0.165 e. The second-order valence-electron chi connectivity index (χ2n) is 7.09. The highest BCUT2D eigenvalue weighted by Crippen LogP contribution is 2.32. The van der Waals surface area contributed by atoms with Gasteiger partial charge in [0.15, 0.2) is 11.6 Å². The van der Waals surface area contributed by atoms with Crippen molar-refractivity contribution < 1.29 is 19.0 Å². The lowest BCUT2D eigenvalue weighted by Crippen LogP contribution is -2.33. The first-order chi connectivity index (χ1) is 13.1. The van der Waals surface area contributed by atoms with Crippen molar-refractivity contribution in [1.82, 2.24) is 5.32 Å². The molecule has 0 saturated heterocycles. The van der Waals surface area contributed by atoms with Crippen molar-refractivity contribution in [2.45, 2.75) is 44.4 Å². The van der Waals surface area contributed by atoms with Gasteiger partial charge in [0.2, 0.25) is 0 Å². The van der Waals surface area contributed by atoms with Gasteiger partial charge in [-0.25, -0.2) is 4.39 Å².